The first kappa shape index (κ1) is 23.9. The number of nitrogens with one attached hydrogen (secondary N) is 2. The van der Waals surface area contributed by atoms with Gasteiger partial charge < -0.3 is 20.5 Å². The van der Waals surface area contributed by atoms with E-state index in [1.54, 1.807) is 0 Å². The van der Waals surface area contributed by atoms with Crippen molar-refractivity contribution >= 4 is 29.9 Å². The molecule has 0 spiro atoms. The van der Waals surface area contributed by atoms with Gasteiger partial charge in [-0.1, -0.05) is 0 Å². The van der Waals surface area contributed by atoms with E-state index in [9.17, 15) is 5.11 Å². The average molecular weight is 456 g/mol. The maximum Gasteiger partial charge on any atom is 0.191 e. The molecule has 1 rings (SSSR count). The third-order valence-corrected chi connectivity index (χ3v) is 4.29. The van der Waals surface area contributed by atoms with Crippen molar-refractivity contribution in [1.82, 2.24) is 15.5 Å². The van der Waals surface area contributed by atoms with Crippen molar-refractivity contribution in [1.29, 1.82) is 0 Å². The molecule has 0 aromatic heterocycles. The van der Waals surface area contributed by atoms with Crippen LogP contribution in [0.5, 0.6) is 0 Å². The quantitative estimate of drug-likeness (QED) is 0.296. The largest absolute Gasteiger partial charge is 0.388 e. The summed E-state index contributed by atoms with van der Waals surface area (Å²) in [6.45, 7) is 15.2. The van der Waals surface area contributed by atoms with E-state index in [0.29, 0.717) is 44.7 Å². The van der Waals surface area contributed by atoms with Crippen LogP contribution in [0.2, 0.25) is 0 Å². The molecule has 144 valence electrons. The van der Waals surface area contributed by atoms with Crippen molar-refractivity contribution in [3.63, 3.8) is 0 Å². The van der Waals surface area contributed by atoms with Gasteiger partial charge in [-0.2, -0.15) is 0 Å². The fourth-order valence-corrected chi connectivity index (χ4v) is 2.89. The molecule has 0 atom stereocenters. The molecule has 0 saturated carbocycles. The van der Waals surface area contributed by atoms with Crippen LogP contribution in [-0.4, -0.2) is 73.0 Å². The predicted octanol–water partition coefficient (Wildman–Crippen LogP) is 1.82. The second-order valence-corrected chi connectivity index (χ2v) is 6.88. The van der Waals surface area contributed by atoms with Gasteiger partial charge in [0.05, 0.1) is 12.1 Å². The number of ether oxygens (including phenoxy) is 1. The molecule has 0 aliphatic carbocycles. The minimum absolute atomic E-state index is 0. The van der Waals surface area contributed by atoms with Crippen molar-refractivity contribution < 1.29 is 9.84 Å². The highest BCUT2D eigenvalue weighted by Gasteiger charge is 2.29. The smallest absolute Gasteiger partial charge is 0.191 e. The second kappa shape index (κ2) is 12.3. The highest BCUT2D eigenvalue weighted by molar-refractivity contribution is 14.0. The van der Waals surface area contributed by atoms with Crippen LogP contribution in [0.25, 0.3) is 0 Å². The highest BCUT2D eigenvalue weighted by atomic mass is 127. The Kier molecular flexibility index (Phi) is 12.2. The van der Waals surface area contributed by atoms with Gasteiger partial charge in [0.2, 0.25) is 0 Å². The van der Waals surface area contributed by atoms with Gasteiger partial charge in [0.1, 0.15) is 0 Å². The Hall–Kier alpha value is -0.120. The molecule has 0 aromatic carbocycles. The van der Waals surface area contributed by atoms with E-state index < -0.39 is 5.60 Å². The zero-order chi connectivity index (χ0) is 17.3. The van der Waals surface area contributed by atoms with Crippen LogP contribution in [0.1, 0.15) is 47.5 Å². The Labute approximate surface area is 164 Å². The second-order valence-electron chi connectivity index (χ2n) is 6.88. The van der Waals surface area contributed by atoms with E-state index in [2.05, 4.69) is 55.1 Å². The van der Waals surface area contributed by atoms with Gasteiger partial charge in [-0.05, 0) is 34.6 Å². The molecule has 0 unspecified atom stereocenters. The predicted molar refractivity (Wildman–Crippen MR) is 111 cm³/mol. The molecule has 1 aliphatic rings. The van der Waals surface area contributed by atoms with E-state index in [-0.39, 0.29) is 24.0 Å². The number of aliphatic imine (C=N–C) groups is 1. The minimum atomic E-state index is -0.720. The number of hydrogen-bond donors (Lipinski definition) is 3. The zero-order valence-electron chi connectivity index (χ0n) is 16.0. The van der Waals surface area contributed by atoms with Crippen molar-refractivity contribution in [3.8, 4) is 0 Å². The van der Waals surface area contributed by atoms with Crippen molar-refractivity contribution in [2.45, 2.75) is 65.1 Å². The van der Waals surface area contributed by atoms with Gasteiger partial charge in [-0.25, -0.2) is 0 Å². The SMILES string of the molecule is CCNC(=NCC1(O)CCOCC1)NCCN(C(C)C)C(C)C.I. The Balaban J connectivity index is 0.00000529. The molecule has 1 aliphatic heterocycles. The summed E-state index contributed by atoms with van der Waals surface area (Å²) in [5.74, 6) is 0.778. The lowest BCUT2D eigenvalue weighted by Gasteiger charge is -2.31. The number of aliphatic hydroxyl groups is 1. The van der Waals surface area contributed by atoms with Crippen LogP contribution in [0.15, 0.2) is 4.99 Å². The van der Waals surface area contributed by atoms with Crippen LogP contribution < -0.4 is 10.6 Å². The number of rotatable bonds is 8. The lowest BCUT2D eigenvalue weighted by atomic mass is 9.95. The van der Waals surface area contributed by atoms with E-state index in [4.69, 9.17) is 4.74 Å². The maximum absolute atomic E-state index is 10.5. The third kappa shape index (κ3) is 8.82. The monoisotopic (exact) mass is 456 g/mol. The van der Waals surface area contributed by atoms with Crippen LogP contribution in [0, 0.1) is 0 Å². The zero-order valence-corrected chi connectivity index (χ0v) is 18.3. The minimum Gasteiger partial charge on any atom is -0.388 e. The lowest BCUT2D eigenvalue weighted by Crippen LogP contribution is -2.46. The normalized spacial score (nSPS) is 18.0. The van der Waals surface area contributed by atoms with Gasteiger partial charge >= 0.3 is 0 Å². The van der Waals surface area contributed by atoms with Crippen molar-refractivity contribution in [3.05, 3.63) is 0 Å². The first-order chi connectivity index (χ1) is 10.9. The topological polar surface area (TPSA) is 69.1 Å². The first-order valence-electron chi connectivity index (χ1n) is 8.96. The molecule has 1 heterocycles. The summed E-state index contributed by atoms with van der Waals surface area (Å²) in [4.78, 5) is 7.01. The van der Waals surface area contributed by atoms with Crippen molar-refractivity contribution in [2.24, 2.45) is 4.99 Å². The summed E-state index contributed by atoms with van der Waals surface area (Å²) in [6, 6.07) is 1.05. The van der Waals surface area contributed by atoms with Crippen LogP contribution in [0.4, 0.5) is 0 Å². The van der Waals surface area contributed by atoms with E-state index >= 15 is 0 Å². The molecular formula is C17H37IN4O2. The molecule has 1 fully saturated rings. The van der Waals surface area contributed by atoms with Gasteiger partial charge in [-0.3, -0.25) is 9.89 Å². The number of hydrogen-bond acceptors (Lipinski definition) is 4. The summed E-state index contributed by atoms with van der Waals surface area (Å²) in [5.41, 5.74) is -0.720. The van der Waals surface area contributed by atoms with Gasteiger partial charge in [-0.15, -0.1) is 24.0 Å². The van der Waals surface area contributed by atoms with Gasteiger partial charge in [0, 0.05) is 57.8 Å². The summed E-state index contributed by atoms with van der Waals surface area (Å²) in [7, 11) is 0. The number of nitrogens with zero attached hydrogens (tertiary/aromatic N) is 2. The summed E-state index contributed by atoms with van der Waals surface area (Å²) in [5, 5.41) is 17.1. The lowest BCUT2D eigenvalue weighted by molar-refractivity contribution is -0.0565. The summed E-state index contributed by atoms with van der Waals surface area (Å²) >= 11 is 0. The van der Waals surface area contributed by atoms with E-state index in [1.807, 2.05) is 0 Å². The van der Waals surface area contributed by atoms with Gasteiger partial charge in [0.15, 0.2) is 5.96 Å². The van der Waals surface area contributed by atoms with Crippen LogP contribution >= 0.6 is 24.0 Å². The van der Waals surface area contributed by atoms with Crippen LogP contribution in [0.3, 0.4) is 0 Å². The number of halogens is 1. The van der Waals surface area contributed by atoms with E-state index in [0.717, 1.165) is 25.6 Å². The molecule has 0 bridgehead atoms. The number of guanidine groups is 1. The molecule has 7 heteroatoms. The fourth-order valence-electron chi connectivity index (χ4n) is 2.89. The molecule has 0 radical (unpaired) electrons. The molecule has 6 nitrogen and oxygen atoms in total. The van der Waals surface area contributed by atoms with E-state index in [1.165, 1.54) is 0 Å². The molecule has 1 saturated heterocycles. The van der Waals surface area contributed by atoms with Gasteiger partial charge in [0.25, 0.3) is 0 Å². The van der Waals surface area contributed by atoms with Crippen LogP contribution in [-0.2, 0) is 4.74 Å². The Bertz CT molecular complexity index is 350. The maximum atomic E-state index is 10.5. The third-order valence-electron chi connectivity index (χ3n) is 4.29. The Morgan fingerprint density at radius 1 is 1.17 bits per heavy atom. The van der Waals surface area contributed by atoms with Crippen molar-refractivity contribution in [2.75, 3.05) is 39.4 Å². The molecule has 0 amide bonds. The standard InChI is InChI=1S/C17H36N4O2.HI/c1-6-18-16(19-9-10-21(14(2)3)15(4)5)20-13-17(22)7-11-23-12-8-17;/h14-15,22H,6-13H2,1-5H3,(H2,18,19,20);1H. The molecule has 24 heavy (non-hydrogen) atoms. The molecule has 0 aromatic rings. The summed E-state index contributed by atoms with van der Waals surface area (Å²) in [6.07, 6.45) is 1.31. The molecular weight excluding hydrogens is 419 g/mol. The Morgan fingerprint density at radius 3 is 2.25 bits per heavy atom. The molecule has 3 N–H and O–H groups in total. The fraction of sp³-hybridized carbons (Fsp3) is 0.941. The Morgan fingerprint density at radius 2 is 1.75 bits per heavy atom. The summed E-state index contributed by atoms with van der Waals surface area (Å²) < 4.78 is 5.31. The average Bonchev–Trinajstić information content (AvgIpc) is 2.49. The highest BCUT2D eigenvalue weighted by Crippen LogP contribution is 2.20. The first-order valence-corrected chi connectivity index (χ1v) is 8.96.